The summed E-state index contributed by atoms with van der Waals surface area (Å²) in [6.45, 7) is 1.40. The molecule has 1 unspecified atom stereocenters. The Balaban J connectivity index is 1.24. The minimum Gasteiger partial charge on any atom is -0.476 e. The Hall–Kier alpha value is -2.52. The van der Waals surface area contributed by atoms with Crippen LogP contribution in [0.15, 0.2) is 47.4 Å². The first kappa shape index (κ1) is 17.6. The molecule has 1 saturated heterocycles. The van der Waals surface area contributed by atoms with E-state index in [4.69, 9.17) is 4.74 Å². The van der Waals surface area contributed by atoms with Crippen LogP contribution in [0.1, 0.15) is 31.0 Å². The SMILES string of the molecule is O=S(=O)(c1ccccc1)N1CCC(COc2ccc3nnc(C4CC4)n3n2)C1. The Kier molecular flexibility index (Phi) is 4.28. The van der Waals surface area contributed by atoms with E-state index in [0.717, 1.165) is 30.7 Å². The maximum absolute atomic E-state index is 12.7. The smallest absolute Gasteiger partial charge is 0.243 e. The number of ether oxygens (including phenoxy) is 1. The summed E-state index contributed by atoms with van der Waals surface area (Å²) in [6, 6.07) is 12.2. The summed E-state index contributed by atoms with van der Waals surface area (Å²) in [5.41, 5.74) is 0.718. The van der Waals surface area contributed by atoms with E-state index >= 15 is 0 Å². The first-order valence-corrected chi connectivity index (χ1v) is 11.0. The van der Waals surface area contributed by atoms with Crippen LogP contribution in [0.2, 0.25) is 0 Å². The lowest BCUT2D eigenvalue weighted by Gasteiger charge is -2.16. The molecule has 0 bridgehead atoms. The van der Waals surface area contributed by atoms with E-state index in [1.54, 1.807) is 34.8 Å². The third-order valence-electron chi connectivity index (χ3n) is 5.30. The van der Waals surface area contributed by atoms with E-state index in [1.165, 1.54) is 4.31 Å². The minimum absolute atomic E-state index is 0.139. The molecule has 3 heterocycles. The van der Waals surface area contributed by atoms with Crippen LogP contribution in [-0.2, 0) is 10.0 Å². The van der Waals surface area contributed by atoms with Crippen molar-refractivity contribution in [2.75, 3.05) is 19.7 Å². The molecule has 3 aromatic rings. The van der Waals surface area contributed by atoms with Gasteiger partial charge in [-0.2, -0.15) is 8.82 Å². The number of benzene rings is 1. The van der Waals surface area contributed by atoms with Crippen molar-refractivity contribution < 1.29 is 13.2 Å². The van der Waals surface area contributed by atoms with Crippen molar-refractivity contribution in [1.82, 2.24) is 24.1 Å². The molecule has 2 aliphatic rings. The Bertz CT molecular complexity index is 1100. The highest BCUT2D eigenvalue weighted by atomic mass is 32.2. The molecule has 2 fully saturated rings. The molecule has 2 aromatic heterocycles. The van der Waals surface area contributed by atoms with Gasteiger partial charge in [0.05, 0.1) is 11.5 Å². The van der Waals surface area contributed by atoms with Crippen LogP contribution in [0, 0.1) is 5.92 Å². The van der Waals surface area contributed by atoms with Gasteiger partial charge in [0.25, 0.3) is 0 Å². The molecule has 1 aliphatic carbocycles. The molecule has 9 heteroatoms. The highest BCUT2D eigenvalue weighted by molar-refractivity contribution is 7.89. The number of aromatic nitrogens is 4. The van der Waals surface area contributed by atoms with Crippen LogP contribution in [0.25, 0.3) is 5.65 Å². The minimum atomic E-state index is -3.44. The van der Waals surface area contributed by atoms with Gasteiger partial charge < -0.3 is 4.74 Å². The first-order chi connectivity index (χ1) is 13.6. The number of fused-ring (bicyclic) bond motifs is 1. The maximum atomic E-state index is 12.7. The Labute approximate surface area is 163 Å². The molecular weight excluding hydrogens is 378 g/mol. The van der Waals surface area contributed by atoms with E-state index in [2.05, 4.69) is 15.3 Å². The summed E-state index contributed by atoms with van der Waals surface area (Å²) in [7, 11) is -3.44. The van der Waals surface area contributed by atoms with Crippen LogP contribution in [-0.4, -0.2) is 52.2 Å². The first-order valence-electron chi connectivity index (χ1n) is 9.51. The van der Waals surface area contributed by atoms with E-state index in [0.29, 0.717) is 36.4 Å². The van der Waals surface area contributed by atoms with Crippen molar-refractivity contribution in [1.29, 1.82) is 0 Å². The Morgan fingerprint density at radius 3 is 2.64 bits per heavy atom. The van der Waals surface area contributed by atoms with Gasteiger partial charge in [-0.3, -0.25) is 0 Å². The van der Waals surface area contributed by atoms with Crippen LogP contribution < -0.4 is 4.74 Å². The topological polar surface area (TPSA) is 89.7 Å². The maximum Gasteiger partial charge on any atom is 0.243 e. The highest BCUT2D eigenvalue weighted by Gasteiger charge is 2.33. The number of hydrogen-bond acceptors (Lipinski definition) is 6. The predicted octanol–water partition coefficient (Wildman–Crippen LogP) is 2.09. The fourth-order valence-corrected chi connectivity index (χ4v) is 5.11. The third-order valence-corrected chi connectivity index (χ3v) is 7.18. The molecule has 1 saturated carbocycles. The molecule has 0 amide bonds. The lowest BCUT2D eigenvalue weighted by Crippen LogP contribution is -2.29. The summed E-state index contributed by atoms with van der Waals surface area (Å²) >= 11 is 0. The number of nitrogens with zero attached hydrogens (tertiary/aromatic N) is 5. The summed E-state index contributed by atoms with van der Waals surface area (Å²) in [6.07, 6.45) is 3.02. The number of rotatable bonds is 6. The zero-order valence-electron chi connectivity index (χ0n) is 15.3. The van der Waals surface area contributed by atoms with Gasteiger partial charge >= 0.3 is 0 Å². The monoisotopic (exact) mass is 399 g/mol. The van der Waals surface area contributed by atoms with Gasteiger partial charge in [-0.1, -0.05) is 18.2 Å². The second-order valence-electron chi connectivity index (χ2n) is 7.42. The van der Waals surface area contributed by atoms with Crippen molar-refractivity contribution >= 4 is 15.7 Å². The van der Waals surface area contributed by atoms with Gasteiger partial charge in [-0.05, 0) is 37.5 Å². The Morgan fingerprint density at radius 1 is 1.04 bits per heavy atom. The molecule has 0 N–H and O–H groups in total. The zero-order valence-corrected chi connectivity index (χ0v) is 16.1. The quantitative estimate of drug-likeness (QED) is 0.631. The van der Waals surface area contributed by atoms with E-state index < -0.39 is 10.0 Å². The molecule has 0 radical (unpaired) electrons. The van der Waals surface area contributed by atoms with E-state index in [1.807, 2.05) is 12.1 Å². The van der Waals surface area contributed by atoms with E-state index in [-0.39, 0.29) is 5.92 Å². The third kappa shape index (κ3) is 3.24. The molecule has 1 atom stereocenters. The molecule has 0 spiro atoms. The van der Waals surface area contributed by atoms with Crippen molar-refractivity contribution in [2.45, 2.75) is 30.1 Å². The van der Waals surface area contributed by atoms with E-state index in [9.17, 15) is 8.42 Å². The van der Waals surface area contributed by atoms with Crippen molar-refractivity contribution in [3.8, 4) is 5.88 Å². The van der Waals surface area contributed by atoms with Gasteiger partial charge in [0.15, 0.2) is 11.5 Å². The fourth-order valence-electron chi connectivity index (χ4n) is 3.56. The van der Waals surface area contributed by atoms with Crippen molar-refractivity contribution in [3.05, 3.63) is 48.3 Å². The molecule has 8 nitrogen and oxygen atoms in total. The second-order valence-corrected chi connectivity index (χ2v) is 9.35. The molecule has 5 rings (SSSR count). The average molecular weight is 399 g/mol. The molecule has 1 aromatic carbocycles. The molecule has 28 heavy (non-hydrogen) atoms. The average Bonchev–Trinajstić information content (AvgIpc) is 3.28. The molecular formula is C19H21N5O3S. The largest absolute Gasteiger partial charge is 0.476 e. The summed E-state index contributed by atoms with van der Waals surface area (Å²) in [4.78, 5) is 0.337. The zero-order chi connectivity index (χ0) is 19.1. The second kappa shape index (κ2) is 6.82. The molecule has 1 aliphatic heterocycles. The lowest BCUT2D eigenvalue weighted by atomic mass is 10.1. The summed E-state index contributed by atoms with van der Waals surface area (Å²) in [5, 5.41) is 12.9. The highest BCUT2D eigenvalue weighted by Crippen LogP contribution is 2.38. The van der Waals surface area contributed by atoms with Crippen LogP contribution >= 0.6 is 0 Å². The van der Waals surface area contributed by atoms with Gasteiger partial charge in [0.2, 0.25) is 15.9 Å². The fraction of sp³-hybridized carbons (Fsp3) is 0.421. The van der Waals surface area contributed by atoms with Gasteiger partial charge in [-0.25, -0.2) is 8.42 Å². The van der Waals surface area contributed by atoms with Gasteiger partial charge in [0.1, 0.15) is 0 Å². The van der Waals surface area contributed by atoms with Crippen molar-refractivity contribution in [2.24, 2.45) is 5.92 Å². The van der Waals surface area contributed by atoms with Crippen LogP contribution in [0.4, 0.5) is 0 Å². The number of sulfonamides is 1. The lowest BCUT2D eigenvalue weighted by molar-refractivity contribution is 0.243. The summed E-state index contributed by atoms with van der Waals surface area (Å²) < 4.78 is 34.6. The summed E-state index contributed by atoms with van der Waals surface area (Å²) in [5.74, 6) is 1.99. The van der Waals surface area contributed by atoms with Crippen LogP contribution in [0.5, 0.6) is 5.88 Å². The Morgan fingerprint density at radius 2 is 1.86 bits per heavy atom. The van der Waals surface area contributed by atoms with Gasteiger partial charge in [0, 0.05) is 31.0 Å². The standard InChI is InChI=1S/C19H21N5O3S/c25-28(26,16-4-2-1-3-5-16)23-11-10-14(12-23)13-27-18-9-8-17-20-21-19(15-6-7-15)24(17)22-18/h1-5,8-9,14-15H,6-7,10-13H2. The van der Waals surface area contributed by atoms with Crippen molar-refractivity contribution in [3.63, 3.8) is 0 Å². The van der Waals surface area contributed by atoms with Gasteiger partial charge in [-0.15, -0.1) is 15.3 Å². The molecule has 146 valence electrons. The number of hydrogen-bond donors (Lipinski definition) is 0. The van der Waals surface area contributed by atoms with Crippen LogP contribution in [0.3, 0.4) is 0 Å². The predicted molar refractivity (Wildman–Crippen MR) is 102 cm³/mol. The normalized spacial score (nSPS) is 20.6.